The minimum Gasteiger partial charge on any atom is -0.497 e. The first-order valence-corrected chi connectivity index (χ1v) is 8.23. The Bertz CT molecular complexity index is 631. The van der Waals surface area contributed by atoms with Crippen molar-refractivity contribution in [2.24, 2.45) is 0 Å². The zero-order valence-corrected chi connectivity index (χ0v) is 14.8. The summed E-state index contributed by atoms with van der Waals surface area (Å²) in [5, 5.41) is 6.56. The van der Waals surface area contributed by atoms with Gasteiger partial charge in [0, 0.05) is 17.8 Å². The van der Waals surface area contributed by atoms with Crippen molar-refractivity contribution < 1.29 is 9.47 Å². The van der Waals surface area contributed by atoms with Crippen LogP contribution >= 0.6 is 0 Å². The number of ether oxygens (including phenoxy) is 2. The molecule has 1 unspecified atom stereocenters. The van der Waals surface area contributed by atoms with Gasteiger partial charge in [-0.15, -0.1) is 0 Å². The van der Waals surface area contributed by atoms with Crippen molar-refractivity contribution in [2.45, 2.75) is 33.2 Å². The van der Waals surface area contributed by atoms with Gasteiger partial charge in [-0.2, -0.15) is 4.98 Å². The molecule has 1 aromatic carbocycles. The average Bonchev–Trinajstić information content (AvgIpc) is 2.58. The lowest BCUT2D eigenvalue weighted by Crippen LogP contribution is -2.17. The van der Waals surface area contributed by atoms with Crippen molar-refractivity contribution in [3.63, 3.8) is 0 Å². The van der Waals surface area contributed by atoms with Gasteiger partial charge in [-0.1, -0.05) is 6.92 Å². The summed E-state index contributed by atoms with van der Waals surface area (Å²) in [5.41, 5.74) is 0.925. The first-order valence-electron chi connectivity index (χ1n) is 8.23. The third-order valence-electron chi connectivity index (χ3n) is 3.57. The van der Waals surface area contributed by atoms with Crippen molar-refractivity contribution >= 4 is 11.8 Å². The van der Waals surface area contributed by atoms with Crippen molar-refractivity contribution in [3.8, 4) is 11.5 Å². The summed E-state index contributed by atoms with van der Waals surface area (Å²) in [7, 11) is 1.64. The average molecular weight is 330 g/mol. The second-order valence-electron chi connectivity index (χ2n) is 5.62. The van der Waals surface area contributed by atoms with Gasteiger partial charge in [0.1, 0.15) is 23.9 Å². The predicted octanol–water partition coefficient (Wildman–Crippen LogP) is 3.49. The van der Waals surface area contributed by atoms with Gasteiger partial charge in [-0.05, 0) is 44.5 Å². The Hall–Kier alpha value is -2.50. The lowest BCUT2D eigenvalue weighted by molar-refractivity contribution is 0.331. The minimum absolute atomic E-state index is 0.380. The molecule has 6 heteroatoms. The molecule has 0 spiro atoms. The van der Waals surface area contributed by atoms with E-state index in [9.17, 15) is 0 Å². The van der Waals surface area contributed by atoms with Crippen molar-refractivity contribution in [2.75, 3.05) is 30.9 Å². The van der Waals surface area contributed by atoms with Crippen LogP contribution in [0.15, 0.2) is 30.3 Å². The van der Waals surface area contributed by atoms with Crippen LogP contribution in [0.25, 0.3) is 0 Å². The number of benzene rings is 1. The third-order valence-corrected chi connectivity index (χ3v) is 3.57. The largest absolute Gasteiger partial charge is 0.497 e. The number of hydrogen-bond acceptors (Lipinski definition) is 6. The standard InChI is InChI=1S/C18H26N4O2/c1-5-13(2)20-17-12-14(3)21-18(22-17)19-10-11-24-16-8-6-15(23-4)7-9-16/h6-9,12-13H,5,10-11H2,1-4H3,(H2,19,20,21,22). The van der Waals surface area contributed by atoms with Crippen molar-refractivity contribution in [3.05, 3.63) is 36.0 Å². The van der Waals surface area contributed by atoms with Crippen LogP contribution in [0.3, 0.4) is 0 Å². The lowest BCUT2D eigenvalue weighted by atomic mass is 10.2. The van der Waals surface area contributed by atoms with E-state index in [4.69, 9.17) is 9.47 Å². The lowest BCUT2D eigenvalue weighted by Gasteiger charge is -2.14. The van der Waals surface area contributed by atoms with Gasteiger partial charge in [0.05, 0.1) is 13.7 Å². The summed E-state index contributed by atoms with van der Waals surface area (Å²) in [6, 6.07) is 9.85. The highest BCUT2D eigenvalue weighted by atomic mass is 16.5. The number of aryl methyl sites for hydroxylation is 1. The van der Waals surface area contributed by atoms with E-state index in [2.05, 4.69) is 34.4 Å². The molecule has 1 atom stereocenters. The van der Waals surface area contributed by atoms with Crippen LogP contribution < -0.4 is 20.1 Å². The molecule has 0 saturated carbocycles. The van der Waals surface area contributed by atoms with Gasteiger partial charge in [-0.3, -0.25) is 0 Å². The molecule has 2 aromatic rings. The summed E-state index contributed by atoms with van der Waals surface area (Å²) in [6.45, 7) is 7.38. The van der Waals surface area contributed by atoms with Crippen LogP contribution in [0.1, 0.15) is 26.0 Å². The Balaban J connectivity index is 1.82. The van der Waals surface area contributed by atoms with E-state index in [1.165, 1.54) is 0 Å². The molecular formula is C18H26N4O2. The fourth-order valence-corrected chi connectivity index (χ4v) is 2.08. The number of aromatic nitrogens is 2. The van der Waals surface area contributed by atoms with Crippen molar-refractivity contribution in [1.29, 1.82) is 0 Å². The number of methoxy groups -OCH3 is 1. The first-order chi connectivity index (χ1) is 11.6. The number of nitrogens with zero attached hydrogens (tertiary/aromatic N) is 2. The number of anilines is 2. The molecule has 2 rings (SSSR count). The van der Waals surface area contributed by atoms with Crippen molar-refractivity contribution in [1.82, 2.24) is 9.97 Å². The molecule has 0 amide bonds. The molecule has 2 N–H and O–H groups in total. The molecule has 1 heterocycles. The van der Waals surface area contributed by atoms with E-state index >= 15 is 0 Å². The zero-order chi connectivity index (χ0) is 17.4. The SMILES string of the molecule is CCC(C)Nc1cc(C)nc(NCCOc2ccc(OC)cc2)n1. The molecule has 1 aromatic heterocycles. The second kappa shape index (κ2) is 8.96. The molecule has 24 heavy (non-hydrogen) atoms. The maximum Gasteiger partial charge on any atom is 0.224 e. The maximum atomic E-state index is 5.68. The van der Waals surface area contributed by atoms with Crippen LogP contribution in [-0.2, 0) is 0 Å². The molecule has 0 aliphatic carbocycles. The summed E-state index contributed by atoms with van der Waals surface area (Å²) in [5.74, 6) is 3.08. The summed E-state index contributed by atoms with van der Waals surface area (Å²) < 4.78 is 10.8. The molecule has 0 radical (unpaired) electrons. The highest BCUT2D eigenvalue weighted by Gasteiger charge is 2.04. The van der Waals surface area contributed by atoms with E-state index in [-0.39, 0.29) is 0 Å². The smallest absolute Gasteiger partial charge is 0.224 e. The maximum absolute atomic E-state index is 5.68. The molecule has 0 fully saturated rings. The van der Waals surface area contributed by atoms with Gasteiger partial charge >= 0.3 is 0 Å². The highest BCUT2D eigenvalue weighted by molar-refractivity contribution is 5.42. The normalized spacial score (nSPS) is 11.7. The number of rotatable bonds is 9. The Kier molecular flexibility index (Phi) is 6.66. The Labute approximate surface area is 143 Å². The molecule has 0 saturated heterocycles. The second-order valence-corrected chi connectivity index (χ2v) is 5.62. The fraction of sp³-hybridized carbons (Fsp3) is 0.444. The Morgan fingerprint density at radius 2 is 1.83 bits per heavy atom. The summed E-state index contributed by atoms with van der Waals surface area (Å²) in [4.78, 5) is 8.88. The zero-order valence-electron chi connectivity index (χ0n) is 14.8. The van der Waals surface area contributed by atoms with E-state index in [1.807, 2.05) is 37.3 Å². The van der Waals surface area contributed by atoms with E-state index in [1.54, 1.807) is 7.11 Å². The van der Waals surface area contributed by atoms with Crippen LogP contribution in [0.4, 0.5) is 11.8 Å². The minimum atomic E-state index is 0.380. The van der Waals surface area contributed by atoms with E-state index in [0.717, 1.165) is 29.4 Å². The number of hydrogen-bond donors (Lipinski definition) is 2. The van der Waals surface area contributed by atoms with E-state index < -0.39 is 0 Å². The number of nitrogens with one attached hydrogen (secondary N) is 2. The first kappa shape index (κ1) is 17.8. The van der Waals surface area contributed by atoms with Gasteiger partial charge < -0.3 is 20.1 Å². The summed E-state index contributed by atoms with van der Waals surface area (Å²) >= 11 is 0. The Morgan fingerprint density at radius 1 is 1.12 bits per heavy atom. The molecule has 0 aliphatic heterocycles. The quantitative estimate of drug-likeness (QED) is 0.686. The third kappa shape index (κ3) is 5.61. The predicted molar refractivity (Wildman–Crippen MR) is 97.1 cm³/mol. The van der Waals surface area contributed by atoms with Gasteiger partial charge in [0.2, 0.25) is 5.95 Å². The van der Waals surface area contributed by atoms with Crippen LogP contribution in [0.2, 0.25) is 0 Å². The molecule has 130 valence electrons. The monoisotopic (exact) mass is 330 g/mol. The van der Waals surface area contributed by atoms with Gasteiger partial charge in [0.25, 0.3) is 0 Å². The van der Waals surface area contributed by atoms with Gasteiger partial charge in [0.15, 0.2) is 0 Å². The highest BCUT2D eigenvalue weighted by Crippen LogP contribution is 2.17. The van der Waals surface area contributed by atoms with Crippen LogP contribution in [0.5, 0.6) is 11.5 Å². The molecular weight excluding hydrogens is 304 g/mol. The van der Waals surface area contributed by atoms with Crippen LogP contribution in [-0.4, -0.2) is 36.3 Å². The summed E-state index contributed by atoms with van der Waals surface area (Å²) in [6.07, 6.45) is 1.04. The fourth-order valence-electron chi connectivity index (χ4n) is 2.08. The van der Waals surface area contributed by atoms with E-state index in [0.29, 0.717) is 25.1 Å². The van der Waals surface area contributed by atoms with Gasteiger partial charge in [-0.25, -0.2) is 4.98 Å². The Morgan fingerprint density at radius 3 is 2.50 bits per heavy atom. The molecule has 0 aliphatic rings. The topological polar surface area (TPSA) is 68.3 Å². The molecule has 0 bridgehead atoms. The van der Waals surface area contributed by atoms with Crippen LogP contribution in [0, 0.1) is 6.92 Å². The molecule has 6 nitrogen and oxygen atoms in total.